The second kappa shape index (κ2) is 5.88. The fraction of sp³-hybridized carbons (Fsp3) is 0.400. The summed E-state index contributed by atoms with van der Waals surface area (Å²) in [4.78, 5) is 8.97. The van der Waals surface area contributed by atoms with Crippen molar-refractivity contribution in [1.29, 1.82) is 5.26 Å². The lowest BCUT2D eigenvalue weighted by atomic mass is 9.95. The van der Waals surface area contributed by atoms with Gasteiger partial charge in [0.15, 0.2) is 5.16 Å². The molecule has 2 aromatic heterocycles. The molecule has 0 aromatic carbocycles. The summed E-state index contributed by atoms with van der Waals surface area (Å²) >= 11 is 1.38. The Bertz CT molecular complexity index is 717. The van der Waals surface area contributed by atoms with Crippen molar-refractivity contribution < 1.29 is 5.11 Å². The molecule has 0 amide bonds. The van der Waals surface area contributed by atoms with Gasteiger partial charge < -0.3 is 9.67 Å². The summed E-state index contributed by atoms with van der Waals surface area (Å²) in [5, 5.41) is 20.0. The van der Waals surface area contributed by atoms with Crippen LogP contribution >= 0.6 is 11.8 Å². The van der Waals surface area contributed by atoms with Crippen LogP contribution in [0.2, 0.25) is 0 Å². The number of pyridine rings is 1. The van der Waals surface area contributed by atoms with Gasteiger partial charge >= 0.3 is 0 Å². The Balaban J connectivity index is 1.97. The smallest absolute Gasteiger partial charge is 0.174 e. The second-order valence-corrected chi connectivity index (χ2v) is 6.07. The normalized spacial score (nSPS) is 13.8. The predicted molar refractivity (Wildman–Crippen MR) is 78.8 cm³/mol. The zero-order valence-electron chi connectivity index (χ0n) is 11.8. The highest BCUT2D eigenvalue weighted by Crippen LogP contribution is 2.31. The molecule has 0 radical (unpaired) electrons. The number of aryl methyl sites for hydroxylation is 2. The Morgan fingerprint density at radius 2 is 2.24 bits per heavy atom. The van der Waals surface area contributed by atoms with E-state index in [0.717, 1.165) is 35.8 Å². The molecule has 3 rings (SSSR count). The Morgan fingerprint density at radius 1 is 1.43 bits per heavy atom. The zero-order valence-corrected chi connectivity index (χ0v) is 12.7. The van der Waals surface area contributed by atoms with Crippen molar-refractivity contribution in [3.05, 3.63) is 34.8 Å². The minimum Gasteiger partial charge on any atom is -0.390 e. The lowest BCUT2D eigenvalue weighted by Gasteiger charge is -2.16. The number of imidazole rings is 1. The number of hydrogen-bond donors (Lipinski definition) is 1. The molecule has 1 aliphatic carbocycles. The molecule has 1 N–H and O–H groups in total. The fourth-order valence-electron chi connectivity index (χ4n) is 2.53. The summed E-state index contributed by atoms with van der Waals surface area (Å²) in [6, 6.07) is 4.21. The van der Waals surface area contributed by atoms with Gasteiger partial charge in [-0.15, -0.1) is 0 Å². The molecule has 1 aliphatic rings. The van der Waals surface area contributed by atoms with Gasteiger partial charge in [-0.25, -0.2) is 9.97 Å². The minimum absolute atomic E-state index is 0.0488. The van der Waals surface area contributed by atoms with Crippen molar-refractivity contribution in [2.45, 2.75) is 42.5 Å². The van der Waals surface area contributed by atoms with Gasteiger partial charge in [-0.2, -0.15) is 5.26 Å². The van der Waals surface area contributed by atoms with Gasteiger partial charge in [-0.1, -0.05) is 0 Å². The van der Waals surface area contributed by atoms with Crippen molar-refractivity contribution in [3.8, 4) is 6.07 Å². The maximum atomic E-state index is 9.35. The number of nitriles is 1. The average molecular weight is 300 g/mol. The summed E-state index contributed by atoms with van der Waals surface area (Å²) in [5.74, 6) is 0. The van der Waals surface area contributed by atoms with Gasteiger partial charge in [0.1, 0.15) is 11.1 Å². The van der Waals surface area contributed by atoms with E-state index in [2.05, 4.69) is 16.0 Å². The number of aliphatic hydroxyl groups excluding tert-OH is 1. The molecule has 0 fully saturated rings. The molecule has 2 aromatic rings. The first-order valence-electron chi connectivity index (χ1n) is 6.95. The molecule has 0 bridgehead atoms. The van der Waals surface area contributed by atoms with Gasteiger partial charge in [0.2, 0.25) is 0 Å². The monoisotopic (exact) mass is 300 g/mol. The number of fused-ring (bicyclic) bond motifs is 1. The van der Waals surface area contributed by atoms with Gasteiger partial charge in [0, 0.05) is 12.7 Å². The maximum absolute atomic E-state index is 9.35. The van der Waals surface area contributed by atoms with Crippen molar-refractivity contribution in [2.75, 3.05) is 0 Å². The number of rotatable bonds is 3. The third kappa shape index (κ3) is 2.67. The molecular weight excluding hydrogens is 284 g/mol. The zero-order chi connectivity index (χ0) is 14.8. The van der Waals surface area contributed by atoms with Crippen LogP contribution in [0.3, 0.4) is 0 Å². The molecule has 0 aliphatic heterocycles. The summed E-state index contributed by atoms with van der Waals surface area (Å²) in [6.07, 6.45) is 5.97. The van der Waals surface area contributed by atoms with E-state index in [-0.39, 0.29) is 6.61 Å². The van der Waals surface area contributed by atoms with E-state index in [9.17, 15) is 10.4 Å². The Hall–Kier alpha value is -1.84. The van der Waals surface area contributed by atoms with E-state index in [1.54, 1.807) is 6.20 Å². The van der Waals surface area contributed by atoms with Gasteiger partial charge in [0.25, 0.3) is 0 Å². The Morgan fingerprint density at radius 3 is 2.95 bits per heavy atom. The van der Waals surface area contributed by atoms with Crippen LogP contribution in [-0.4, -0.2) is 19.6 Å². The van der Waals surface area contributed by atoms with E-state index in [4.69, 9.17) is 0 Å². The third-order valence-electron chi connectivity index (χ3n) is 3.78. The van der Waals surface area contributed by atoms with E-state index < -0.39 is 0 Å². The highest BCUT2D eigenvalue weighted by molar-refractivity contribution is 7.99. The highest BCUT2D eigenvalue weighted by atomic mass is 32.2. The Kier molecular flexibility index (Phi) is 3.95. The first-order valence-corrected chi connectivity index (χ1v) is 7.76. The van der Waals surface area contributed by atoms with Crippen LogP contribution in [0.5, 0.6) is 0 Å². The third-order valence-corrected chi connectivity index (χ3v) is 4.84. The number of aliphatic hydroxyl groups is 1. The quantitative estimate of drug-likeness (QED) is 0.940. The molecule has 5 nitrogen and oxygen atoms in total. The lowest BCUT2D eigenvalue weighted by Crippen LogP contribution is -2.07. The topological polar surface area (TPSA) is 74.7 Å². The summed E-state index contributed by atoms with van der Waals surface area (Å²) in [5.41, 5.74) is 3.67. The molecule has 0 unspecified atom stereocenters. The molecule has 6 heteroatoms. The highest BCUT2D eigenvalue weighted by Gasteiger charge is 2.17. The molecule has 0 saturated heterocycles. The molecule has 0 saturated carbocycles. The molecule has 0 atom stereocenters. The number of aromatic nitrogens is 3. The second-order valence-electron chi connectivity index (χ2n) is 5.12. The summed E-state index contributed by atoms with van der Waals surface area (Å²) in [7, 11) is 1.85. The summed E-state index contributed by atoms with van der Waals surface area (Å²) < 4.78 is 1.83. The molecule has 2 heterocycles. The average Bonchev–Trinajstić information content (AvgIpc) is 2.87. The molecule has 21 heavy (non-hydrogen) atoms. The van der Waals surface area contributed by atoms with Gasteiger partial charge in [-0.05, 0) is 49.1 Å². The van der Waals surface area contributed by atoms with Crippen LogP contribution in [0.1, 0.15) is 35.4 Å². The van der Waals surface area contributed by atoms with Crippen molar-refractivity contribution in [1.82, 2.24) is 14.5 Å². The first-order chi connectivity index (χ1) is 10.2. The predicted octanol–water partition coefficient (Wildman–Crippen LogP) is 2.21. The first kappa shape index (κ1) is 14.1. The molecule has 0 spiro atoms. The van der Waals surface area contributed by atoms with Crippen LogP contribution in [0.25, 0.3) is 0 Å². The fourth-order valence-corrected chi connectivity index (χ4v) is 3.43. The van der Waals surface area contributed by atoms with Crippen LogP contribution in [0, 0.1) is 11.3 Å². The maximum Gasteiger partial charge on any atom is 0.174 e. The van der Waals surface area contributed by atoms with Crippen molar-refractivity contribution in [2.24, 2.45) is 7.05 Å². The SMILES string of the molecule is Cn1c(CO)cnc1Sc1nc2c(cc1C#N)CCCC2. The Labute approximate surface area is 127 Å². The van der Waals surface area contributed by atoms with Crippen LogP contribution in [-0.2, 0) is 26.5 Å². The summed E-state index contributed by atoms with van der Waals surface area (Å²) in [6.45, 7) is -0.0488. The van der Waals surface area contributed by atoms with E-state index >= 15 is 0 Å². The molecule has 108 valence electrons. The minimum atomic E-state index is -0.0488. The number of nitrogens with zero attached hydrogens (tertiary/aromatic N) is 4. The van der Waals surface area contributed by atoms with E-state index in [0.29, 0.717) is 10.6 Å². The van der Waals surface area contributed by atoms with Gasteiger partial charge in [-0.3, -0.25) is 0 Å². The van der Waals surface area contributed by atoms with E-state index in [1.807, 2.05) is 17.7 Å². The van der Waals surface area contributed by atoms with Crippen LogP contribution in [0.15, 0.2) is 22.4 Å². The largest absolute Gasteiger partial charge is 0.390 e. The van der Waals surface area contributed by atoms with Crippen molar-refractivity contribution in [3.63, 3.8) is 0 Å². The van der Waals surface area contributed by atoms with Crippen LogP contribution in [0.4, 0.5) is 0 Å². The van der Waals surface area contributed by atoms with E-state index in [1.165, 1.54) is 23.7 Å². The van der Waals surface area contributed by atoms with Crippen LogP contribution < -0.4 is 0 Å². The number of hydrogen-bond acceptors (Lipinski definition) is 5. The standard InChI is InChI=1S/C15H16N4OS/c1-19-12(9-20)8-17-15(19)21-14-11(7-16)6-10-4-2-3-5-13(10)18-14/h6,8,20H,2-5,9H2,1H3. The van der Waals surface area contributed by atoms with Crippen molar-refractivity contribution >= 4 is 11.8 Å². The lowest BCUT2D eigenvalue weighted by molar-refractivity contribution is 0.271. The molecular formula is C15H16N4OS. The van der Waals surface area contributed by atoms with Gasteiger partial charge in [0.05, 0.1) is 24.1 Å².